The Morgan fingerprint density at radius 2 is 1.68 bits per heavy atom. The first-order chi connectivity index (χ1) is 15.0. The first-order valence-electron chi connectivity index (χ1n) is 11.5. The minimum absolute atomic E-state index is 0.496. The van der Waals surface area contributed by atoms with E-state index < -0.39 is 0 Å². The molecule has 0 aromatic carbocycles. The first-order valence-corrected chi connectivity index (χ1v) is 11.9. The average molecular weight is 443 g/mol. The molecular formula is C23H34N6OS. The lowest BCUT2D eigenvalue weighted by atomic mass is 10.00. The molecular weight excluding hydrogens is 408 g/mol. The summed E-state index contributed by atoms with van der Waals surface area (Å²) in [7, 11) is 0. The lowest BCUT2D eigenvalue weighted by molar-refractivity contribution is 0.441. The van der Waals surface area contributed by atoms with Crippen LogP contribution in [0.1, 0.15) is 51.1 Å². The van der Waals surface area contributed by atoms with Gasteiger partial charge in [0.15, 0.2) is 5.11 Å². The third-order valence-corrected chi connectivity index (χ3v) is 6.35. The van der Waals surface area contributed by atoms with Gasteiger partial charge in [-0.3, -0.25) is 0 Å². The molecule has 8 heteroatoms. The number of anilines is 3. The summed E-state index contributed by atoms with van der Waals surface area (Å²) < 4.78 is 5.61. The number of aromatic nitrogens is 2. The van der Waals surface area contributed by atoms with Gasteiger partial charge < -0.3 is 24.9 Å². The zero-order chi connectivity index (χ0) is 21.8. The standard InChI is InChI=1S/C23H34N6OS/c1-16-6-4-10-28(14-16)20-12-21(29-11-5-7-17(2)15-29)26-22(25-20)27-23(31)24-13-19-9-8-18(3)30-19/h8-9,12,16-17H,4-7,10-11,13-15H2,1-3H3,(H2,24,25,26,27,31)/t16-,17-/m1/s1. The second-order valence-corrected chi connectivity index (χ2v) is 9.52. The molecule has 4 rings (SSSR count). The molecule has 2 aromatic rings. The van der Waals surface area contributed by atoms with Crippen LogP contribution in [0, 0.1) is 18.8 Å². The van der Waals surface area contributed by atoms with Crippen molar-refractivity contribution in [1.29, 1.82) is 0 Å². The summed E-state index contributed by atoms with van der Waals surface area (Å²) in [5.41, 5.74) is 0. The van der Waals surface area contributed by atoms with Gasteiger partial charge in [0.2, 0.25) is 5.95 Å². The van der Waals surface area contributed by atoms with Crippen LogP contribution in [-0.2, 0) is 6.54 Å². The fourth-order valence-electron chi connectivity index (χ4n) is 4.49. The van der Waals surface area contributed by atoms with Crippen molar-refractivity contribution < 1.29 is 4.42 Å². The van der Waals surface area contributed by atoms with Crippen molar-refractivity contribution in [2.24, 2.45) is 11.8 Å². The number of nitrogens with zero attached hydrogens (tertiary/aromatic N) is 4. The Morgan fingerprint density at radius 3 is 2.19 bits per heavy atom. The van der Waals surface area contributed by atoms with E-state index in [1.165, 1.54) is 25.7 Å². The summed E-state index contributed by atoms with van der Waals surface area (Å²) in [6.07, 6.45) is 4.96. The van der Waals surface area contributed by atoms with Crippen LogP contribution in [0.2, 0.25) is 0 Å². The van der Waals surface area contributed by atoms with Gasteiger partial charge in [0.1, 0.15) is 23.2 Å². The molecule has 0 spiro atoms. The molecule has 31 heavy (non-hydrogen) atoms. The highest BCUT2D eigenvalue weighted by atomic mass is 32.1. The van der Waals surface area contributed by atoms with Gasteiger partial charge in [0.05, 0.1) is 6.54 Å². The van der Waals surface area contributed by atoms with E-state index in [-0.39, 0.29) is 0 Å². The maximum Gasteiger partial charge on any atom is 0.232 e. The molecule has 0 aliphatic carbocycles. The quantitative estimate of drug-likeness (QED) is 0.663. The van der Waals surface area contributed by atoms with Crippen molar-refractivity contribution in [3.05, 3.63) is 29.7 Å². The normalized spacial score (nSPS) is 21.8. The van der Waals surface area contributed by atoms with Gasteiger partial charge in [-0.05, 0) is 68.8 Å². The molecule has 7 nitrogen and oxygen atoms in total. The molecule has 4 heterocycles. The Balaban J connectivity index is 1.51. The summed E-state index contributed by atoms with van der Waals surface area (Å²) in [6.45, 7) is 11.2. The second kappa shape index (κ2) is 9.85. The second-order valence-electron chi connectivity index (χ2n) is 9.11. The van der Waals surface area contributed by atoms with Gasteiger partial charge >= 0.3 is 0 Å². The van der Waals surface area contributed by atoms with E-state index >= 15 is 0 Å². The fraction of sp³-hybridized carbons (Fsp3) is 0.609. The predicted octanol–water partition coefficient (Wildman–Crippen LogP) is 4.34. The average Bonchev–Trinajstić information content (AvgIpc) is 3.17. The number of thiocarbonyl (C=S) groups is 1. The molecule has 0 saturated carbocycles. The van der Waals surface area contributed by atoms with E-state index in [4.69, 9.17) is 26.6 Å². The van der Waals surface area contributed by atoms with E-state index in [9.17, 15) is 0 Å². The maximum absolute atomic E-state index is 5.61. The highest BCUT2D eigenvalue weighted by molar-refractivity contribution is 7.80. The summed E-state index contributed by atoms with van der Waals surface area (Å²) >= 11 is 5.51. The van der Waals surface area contributed by atoms with E-state index in [2.05, 4.69) is 40.3 Å². The van der Waals surface area contributed by atoms with E-state index in [1.807, 2.05) is 19.1 Å². The molecule has 2 aliphatic heterocycles. The monoisotopic (exact) mass is 442 g/mol. The van der Waals surface area contributed by atoms with Crippen molar-refractivity contribution >= 4 is 34.9 Å². The molecule has 0 bridgehead atoms. The van der Waals surface area contributed by atoms with Gasteiger partial charge in [0.25, 0.3) is 0 Å². The van der Waals surface area contributed by atoms with Crippen LogP contribution in [0.3, 0.4) is 0 Å². The molecule has 0 amide bonds. The minimum atomic E-state index is 0.496. The van der Waals surface area contributed by atoms with Gasteiger partial charge in [-0.15, -0.1) is 0 Å². The molecule has 2 aliphatic rings. The zero-order valence-electron chi connectivity index (χ0n) is 18.9. The van der Waals surface area contributed by atoms with E-state index in [0.717, 1.165) is 49.3 Å². The SMILES string of the molecule is Cc1ccc(CNC(=S)Nc2nc(N3CCC[C@@H](C)C3)cc(N3CCC[C@@H](C)C3)n2)o1. The lowest BCUT2D eigenvalue weighted by Crippen LogP contribution is -2.37. The van der Waals surface area contributed by atoms with Gasteiger partial charge in [-0.25, -0.2) is 0 Å². The molecule has 168 valence electrons. The molecule has 2 aromatic heterocycles. The Morgan fingerprint density at radius 1 is 1.06 bits per heavy atom. The highest BCUT2D eigenvalue weighted by Crippen LogP contribution is 2.28. The summed E-state index contributed by atoms with van der Waals surface area (Å²) in [4.78, 5) is 14.4. The first kappa shape index (κ1) is 21.9. The van der Waals surface area contributed by atoms with Crippen LogP contribution in [0.4, 0.5) is 17.6 Å². The number of furan rings is 1. The Kier molecular flexibility index (Phi) is 6.95. The van der Waals surface area contributed by atoms with Gasteiger partial charge in [-0.2, -0.15) is 9.97 Å². The highest BCUT2D eigenvalue weighted by Gasteiger charge is 2.23. The minimum Gasteiger partial charge on any atom is -0.465 e. The van der Waals surface area contributed by atoms with Crippen LogP contribution in [0.5, 0.6) is 0 Å². The Hall–Kier alpha value is -2.35. The smallest absolute Gasteiger partial charge is 0.232 e. The van der Waals surface area contributed by atoms with E-state index in [0.29, 0.717) is 29.4 Å². The largest absolute Gasteiger partial charge is 0.465 e. The summed E-state index contributed by atoms with van der Waals surface area (Å²) in [6, 6.07) is 6.06. The van der Waals surface area contributed by atoms with Crippen molar-refractivity contribution in [1.82, 2.24) is 15.3 Å². The van der Waals surface area contributed by atoms with Gasteiger partial charge in [0, 0.05) is 32.2 Å². The summed E-state index contributed by atoms with van der Waals surface area (Å²) in [5.74, 6) is 5.63. The molecule has 0 radical (unpaired) electrons. The van der Waals surface area contributed by atoms with Gasteiger partial charge in [-0.1, -0.05) is 13.8 Å². The van der Waals surface area contributed by atoms with Crippen LogP contribution in [-0.4, -0.2) is 41.3 Å². The lowest BCUT2D eigenvalue weighted by Gasteiger charge is -2.35. The number of hydrogen-bond donors (Lipinski definition) is 2. The number of hydrogen-bond acceptors (Lipinski definition) is 6. The van der Waals surface area contributed by atoms with Crippen molar-refractivity contribution in [2.75, 3.05) is 41.3 Å². The van der Waals surface area contributed by atoms with Crippen LogP contribution < -0.4 is 20.4 Å². The number of piperidine rings is 2. The Bertz CT molecular complexity index is 860. The van der Waals surface area contributed by atoms with Crippen molar-refractivity contribution in [2.45, 2.75) is 53.0 Å². The van der Waals surface area contributed by atoms with Crippen LogP contribution in [0.15, 0.2) is 22.6 Å². The van der Waals surface area contributed by atoms with Crippen molar-refractivity contribution in [3.63, 3.8) is 0 Å². The summed E-state index contributed by atoms with van der Waals surface area (Å²) in [5, 5.41) is 6.89. The third-order valence-electron chi connectivity index (χ3n) is 6.11. The zero-order valence-corrected chi connectivity index (χ0v) is 19.7. The Labute approximate surface area is 190 Å². The number of rotatable bonds is 5. The number of aryl methyl sites for hydroxylation is 1. The topological polar surface area (TPSA) is 69.5 Å². The third kappa shape index (κ3) is 5.87. The van der Waals surface area contributed by atoms with E-state index in [1.54, 1.807) is 0 Å². The number of nitrogens with one attached hydrogen (secondary N) is 2. The predicted molar refractivity (Wildman–Crippen MR) is 130 cm³/mol. The molecule has 0 unspecified atom stereocenters. The van der Waals surface area contributed by atoms with Crippen molar-refractivity contribution in [3.8, 4) is 0 Å². The fourth-order valence-corrected chi connectivity index (χ4v) is 4.65. The van der Waals surface area contributed by atoms with Crippen LogP contribution in [0.25, 0.3) is 0 Å². The maximum atomic E-state index is 5.61. The molecule has 2 saturated heterocycles. The molecule has 2 N–H and O–H groups in total. The van der Waals surface area contributed by atoms with Crippen LogP contribution >= 0.6 is 12.2 Å². The molecule has 2 fully saturated rings. The molecule has 2 atom stereocenters.